The molecule has 3 rings (SSSR count). The number of aryl methyl sites for hydroxylation is 1. The molecule has 112 valence electrons. The summed E-state index contributed by atoms with van der Waals surface area (Å²) in [5, 5.41) is 7.52. The predicted molar refractivity (Wildman–Crippen MR) is 80.3 cm³/mol. The van der Waals surface area contributed by atoms with Gasteiger partial charge < -0.3 is 14.6 Å². The number of nitrogens with one attached hydrogen (secondary N) is 1. The number of hydrogen-bond donors (Lipinski definition) is 1. The topological polar surface area (TPSA) is 60.2 Å². The number of piperidine rings is 1. The second-order valence-corrected chi connectivity index (χ2v) is 5.62. The van der Waals surface area contributed by atoms with Gasteiger partial charge in [0.25, 0.3) is 5.89 Å². The van der Waals surface area contributed by atoms with Crippen LogP contribution in [0.3, 0.4) is 0 Å². The van der Waals surface area contributed by atoms with Gasteiger partial charge in [0.1, 0.15) is 5.75 Å². The highest BCUT2D eigenvalue weighted by Crippen LogP contribution is 2.26. The Hall–Kier alpha value is -1.88. The van der Waals surface area contributed by atoms with Crippen LogP contribution in [0.5, 0.6) is 5.75 Å². The summed E-state index contributed by atoms with van der Waals surface area (Å²) in [7, 11) is 1.67. The van der Waals surface area contributed by atoms with Gasteiger partial charge in [-0.25, -0.2) is 0 Å². The fourth-order valence-electron chi connectivity index (χ4n) is 2.76. The molecule has 0 spiro atoms. The molecule has 1 atom stereocenters. The molecular formula is C16H21N3O2. The Bertz CT molecular complexity index is 603. The number of methoxy groups -OCH3 is 1. The van der Waals surface area contributed by atoms with Gasteiger partial charge >= 0.3 is 0 Å². The Balaban J connectivity index is 1.74. The minimum absolute atomic E-state index is 0.562. The van der Waals surface area contributed by atoms with Gasteiger partial charge in [-0.15, -0.1) is 0 Å². The van der Waals surface area contributed by atoms with Crippen LogP contribution in [0.1, 0.15) is 24.2 Å². The van der Waals surface area contributed by atoms with Crippen LogP contribution in [0.2, 0.25) is 0 Å². The van der Waals surface area contributed by atoms with Crippen LogP contribution >= 0.6 is 0 Å². The maximum Gasteiger partial charge on any atom is 0.258 e. The van der Waals surface area contributed by atoms with Crippen LogP contribution < -0.4 is 10.1 Å². The summed E-state index contributed by atoms with van der Waals surface area (Å²) in [5.74, 6) is 2.80. The molecule has 0 saturated carbocycles. The zero-order chi connectivity index (χ0) is 14.7. The summed E-state index contributed by atoms with van der Waals surface area (Å²) in [6.45, 7) is 4.18. The third-order valence-electron chi connectivity index (χ3n) is 3.99. The number of aromatic nitrogens is 2. The van der Waals surface area contributed by atoms with Gasteiger partial charge in [-0.05, 0) is 56.5 Å². The van der Waals surface area contributed by atoms with Gasteiger partial charge in [-0.1, -0.05) is 11.2 Å². The molecule has 2 heterocycles. The molecule has 1 aliphatic heterocycles. The lowest BCUT2D eigenvalue weighted by Gasteiger charge is -2.20. The molecular weight excluding hydrogens is 266 g/mol. The first-order valence-corrected chi connectivity index (χ1v) is 7.44. The fourth-order valence-corrected chi connectivity index (χ4v) is 2.76. The average molecular weight is 287 g/mol. The van der Waals surface area contributed by atoms with E-state index in [1.807, 2.05) is 25.1 Å². The number of benzene rings is 1. The molecule has 5 nitrogen and oxygen atoms in total. The lowest BCUT2D eigenvalue weighted by molar-refractivity contribution is 0.359. The van der Waals surface area contributed by atoms with Gasteiger partial charge in [-0.3, -0.25) is 0 Å². The Morgan fingerprint density at radius 3 is 3.10 bits per heavy atom. The SMILES string of the molecule is COc1cc(-c2nc(CC3CCCNC3)no2)ccc1C. The first-order chi connectivity index (χ1) is 10.3. The van der Waals surface area contributed by atoms with Crippen LogP contribution in [-0.4, -0.2) is 30.3 Å². The van der Waals surface area contributed by atoms with E-state index >= 15 is 0 Å². The minimum atomic E-state index is 0.562. The van der Waals surface area contributed by atoms with E-state index in [9.17, 15) is 0 Å². The van der Waals surface area contributed by atoms with Crippen LogP contribution in [0.4, 0.5) is 0 Å². The summed E-state index contributed by atoms with van der Waals surface area (Å²) >= 11 is 0. The summed E-state index contributed by atoms with van der Waals surface area (Å²) in [6, 6.07) is 5.93. The van der Waals surface area contributed by atoms with Gasteiger partial charge in [0.15, 0.2) is 5.82 Å². The van der Waals surface area contributed by atoms with Crippen molar-refractivity contribution in [3.63, 3.8) is 0 Å². The summed E-state index contributed by atoms with van der Waals surface area (Å²) in [4.78, 5) is 4.52. The third-order valence-corrected chi connectivity index (χ3v) is 3.99. The molecule has 0 amide bonds. The van der Waals surface area contributed by atoms with E-state index in [-0.39, 0.29) is 0 Å². The monoisotopic (exact) mass is 287 g/mol. The Labute approximate surface area is 124 Å². The molecule has 21 heavy (non-hydrogen) atoms. The van der Waals surface area contributed by atoms with Crippen molar-refractivity contribution in [2.45, 2.75) is 26.2 Å². The highest BCUT2D eigenvalue weighted by Gasteiger charge is 2.17. The molecule has 0 radical (unpaired) electrons. The lowest BCUT2D eigenvalue weighted by atomic mass is 9.96. The van der Waals surface area contributed by atoms with Crippen LogP contribution in [0, 0.1) is 12.8 Å². The highest BCUT2D eigenvalue weighted by molar-refractivity contribution is 5.57. The molecule has 1 aromatic carbocycles. The standard InChI is InChI=1S/C16H21N3O2/c1-11-5-6-13(9-14(11)20-2)16-18-15(19-21-16)8-12-4-3-7-17-10-12/h5-6,9,12,17H,3-4,7-8,10H2,1-2H3. The average Bonchev–Trinajstić information content (AvgIpc) is 2.97. The molecule has 5 heteroatoms. The Morgan fingerprint density at radius 2 is 2.33 bits per heavy atom. The van der Waals surface area contributed by atoms with E-state index in [0.717, 1.165) is 42.2 Å². The Morgan fingerprint density at radius 1 is 1.43 bits per heavy atom. The van der Waals surface area contributed by atoms with Crippen LogP contribution in [-0.2, 0) is 6.42 Å². The molecule has 2 aromatic rings. The van der Waals surface area contributed by atoms with Crippen molar-refractivity contribution in [3.05, 3.63) is 29.6 Å². The highest BCUT2D eigenvalue weighted by atomic mass is 16.5. The van der Waals surface area contributed by atoms with Crippen molar-refractivity contribution in [2.75, 3.05) is 20.2 Å². The van der Waals surface area contributed by atoms with Crippen molar-refractivity contribution in [3.8, 4) is 17.2 Å². The predicted octanol–water partition coefficient (Wildman–Crippen LogP) is 2.60. The molecule has 0 bridgehead atoms. The molecule has 1 unspecified atom stereocenters. The van der Waals surface area contributed by atoms with Crippen molar-refractivity contribution >= 4 is 0 Å². The maximum absolute atomic E-state index is 5.39. The Kier molecular flexibility index (Phi) is 4.20. The third kappa shape index (κ3) is 3.24. The van der Waals surface area contributed by atoms with E-state index in [0.29, 0.717) is 11.8 Å². The molecule has 1 N–H and O–H groups in total. The summed E-state index contributed by atoms with van der Waals surface area (Å²) < 4.78 is 10.7. The van der Waals surface area contributed by atoms with Gasteiger partial charge in [0.05, 0.1) is 7.11 Å². The van der Waals surface area contributed by atoms with Crippen LogP contribution in [0.15, 0.2) is 22.7 Å². The molecule has 1 aromatic heterocycles. The number of rotatable bonds is 4. The van der Waals surface area contributed by atoms with Crippen molar-refractivity contribution in [2.24, 2.45) is 5.92 Å². The lowest BCUT2D eigenvalue weighted by Crippen LogP contribution is -2.31. The summed E-state index contributed by atoms with van der Waals surface area (Å²) in [6.07, 6.45) is 3.33. The zero-order valence-corrected chi connectivity index (χ0v) is 12.6. The first-order valence-electron chi connectivity index (χ1n) is 7.44. The number of hydrogen-bond acceptors (Lipinski definition) is 5. The molecule has 1 fully saturated rings. The van der Waals surface area contributed by atoms with Crippen molar-refractivity contribution in [1.82, 2.24) is 15.5 Å². The molecule has 1 saturated heterocycles. The van der Waals surface area contributed by atoms with E-state index in [2.05, 4.69) is 15.5 Å². The second kappa shape index (κ2) is 6.26. The van der Waals surface area contributed by atoms with Gasteiger partial charge in [0.2, 0.25) is 0 Å². The smallest absolute Gasteiger partial charge is 0.258 e. The van der Waals surface area contributed by atoms with Crippen molar-refractivity contribution in [1.29, 1.82) is 0 Å². The van der Waals surface area contributed by atoms with Crippen molar-refractivity contribution < 1.29 is 9.26 Å². The van der Waals surface area contributed by atoms with E-state index in [1.165, 1.54) is 12.8 Å². The first kappa shape index (κ1) is 14.1. The number of ether oxygens (including phenoxy) is 1. The quantitative estimate of drug-likeness (QED) is 0.936. The molecule has 0 aliphatic carbocycles. The fraction of sp³-hybridized carbons (Fsp3) is 0.500. The second-order valence-electron chi connectivity index (χ2n) is 5.62. The van der Waals surface area contributed by atoms with E-state index in [1.54, 1.807) is 7.11 Å². The van der Waals surface area contributed by atoms with Crippen LogP contribution in [0.25, 0.3) is 11.5 Å². The minimum Gasteiger partial charge on any atom is -0.496 e. The van der Waals surface area contributed by atoms with E-state index in [4.69, 9.17) is 9.26 Å². The number of nitrogens with zero attached hydrogens (tertiary/aromatic N) is 2. The normalized spacial score (nSPS) is 18.7. The zero-order valence-electron chi connectivity index (χ0n) is 12.6. The molecule has 1 aliphatic rings. The largest absolute Gasteiger partial charge is 0.496 e. The van der Waals surface area contributed by atoms with E-state index < -0.39 is 0 Å². The summed E-state index contributed by atoms with van der Waals surface area (Å²) in [5.41, 5.74) is 1.99. The van der Waals surface area contributed by atoms with Gasteiger partial charge in [-0.2, -0.15) is 4.98 Å². The van der Waals surface area contributed by atoms with Gasteiger partial charge in [0, 0.05) is 12.0 Å². The maximum atomic E-state index is 5.39.